The Labute approximate surface area is 203 Å². The van der Waals surface area contributed by atoms with Gasteiger partial charge in [-0.2, -0.15) is 5.71 Å². The number of nitrogens with one attached hydrogen (secondary N) is 2. The average Bonchev–Trinajstić information content (AvgIpc) is 2.89. The smallest absolute Gasteiger partial charge is 0.319 e. The average molecular weight is 466 g/mol. The molecule has 0 radical (unpaired) electrons. The number of phenolic OH excluding ortho intramolecular Hbond substituents is 1. The predicted molar refractivity (Wildman–Crippen MR) is 136 cm³/mol. The Balaban J connectivity index is 1.50. The van der Waals surface area contributed by atoms with Gasteiger partial charge in [-0.25, -0.2) is 4.79 Å². The molecule has 0 aliphatic rings. The van der Waals surface area contributed by atoms with Crippen LogP contribution >= 0.6 is 0 Å². The number of carbonyl (C=O) groups excluding carboxylic acids is 1. The summed E-state index contributed by atoms with van der Waals surface area (Å²) >= 11 is 0. The summed E-state index contributed by atoms with van der Waals surface area (Å²) in [6.45, 7) is 0. The summed E-state index contributed by atoms with van der Waals surface area (Å²) in [4.78, 5) is 16.9. The third-order valence-corrected chi connectivity index (χ3v) is 5.59. The SMILES string of the molecule is [N-]=C(CC(NC(=O)Nc1cccc(C(O)c2ccccc2)c1)c1ccccc1O)c1cccnc1. The number of aromatic nitrogens is 1. The molecule has 0 aliphatic heterocycles. The van der Waals surface area contributed by atoms with Crippen molar-refractivity contribution >= 4 is 17.4 Å². The number of aliphatic hydroxyl groups excluding tert-OH is 1. The van der Waals surface area contributed by atoms with Crippen molar-refractivity contribution in [3.05, 3.63) is 131 Å². The summed E-state index contributed by atoms with van der Waals surface area (Å²) in [5, 5.41) is 37.3. The highest BCUT2D eigenvalue weighted by Crippen LogP contribution is 2.28. The Morgan fingerprint density at radius 2 is 1.66 bits per heavy atom. The number of pyridine rings is 1. The van der Waals surface area contributed by atoms with Crippen molar-refractivity contribution in [2.24, 2.45) is 0 Å². The molecule has 0 saturated heterocycles. The summed E-state index contributed by atoms with van der Waals surface area (Å²) in [6.07, 6.45) is 2.34. The second-order valence-electron chi connectivity index (χ2n) is 8.04. The van der Waals surface area contributed by atoms with Gasteiger partial charge in [-0.15, -0.1) is 0 Å². The van der Waals surface area contributed by atoms with Crippen LogP contribution < -0.4 is 10.6 Å². The molecule has 35 heavy (non-hydrogen) atoms. The molecular weight excluding hydrogens is 440 g/mol. The van der Waals surface area contributed by atoms with E-state index in [1.54, 1.807) is 60.8 Å². The molecule has 3 aromatic carbocycles. The number of benzene rings is 3. The first-order chi connectivity index (χ1) is 17.0. The number of amides is 2. The lowest BCUT2D eigenvalue weighted by Crippen LogP contribution is -2.34. The number of hydrogen-bond acceptors (Lipinski definition) is 4. The predicted octanol–water partition coefficient (Wildman–Crippen LogP) is 5.18. The number of hydrogen-bond donors (Lipinski definition) is 4. The van der Waals surface area contributed by atoms with E-state index in [4.69, 9.17) is 0 Å². The van der Waals surface area contributed by atoms with Crippen LogP contribution in [0.1, 0.15) is 40.8 Å². The fourth-order valence-corrected chi connectivity index (χ4v) is 3.81. The van der Waals surface area contributed by atoms with Crippen LogP contribution in [-0.2, 0) is 0 Å². The number of rotatable bonds is 8. The Morgan fingerprint density at radius 1 is 0.914 bits per heavy atom. The molecule has 2 unspecified atom stereocenters. The van der Waals surface area contributed by atoms with Gasteiger partial charge in [-0.3, -0.25) is 4.98 Å². The number of phenols is 1. The molecule has 1 heterocycles. The summed E-state index contributed by atoms with van der Waals surface area (Å²) < 4.78 is 0. The Kier molecular flexibility index (Phi) is 7.50. The first-order valence-corrected chi connectivity index (χ1v) is 11.1. The van der Waals surface area contributed by atoms with Gasteiger partial charge in [-0.1, -0.05) is 66.7 Å². The summed E-state index contributed by atoms with van der Waals surface area (Å²) in [7, 11) is 0. The fraction of sp³-hybridized carbons (Fsp3) is 0.107. The van der Waals surface area contributed by atoms with Gasteiger partial charge in [0.25, 0.3) is 0 Å². The van der Waals surface area contributed by atoms with E-state index in [1.165, 1.54) is 12.3 Å². The van der Waals surface area contributed by atoms with Crippen molar-refractivity contribution in [1.29, 1.82) is 0 Å². The number of para-hydroxylation sites is 1. The Bertz CT molecular complexity index is 1300. The normalized spacial score (nSPS) is 12.4. The van der Waals surface area contributed by atoms with Crippen molar-refractivity contribution in [2.75, 3.05) is 5.32 Å². The summed E-state index contributed by atoms with van der Waals surface area (Å²) in [6, 6.07) is 25.0. The highest BCUT2D eigenvalue weighted by Gasteiger charge is 2.19. The monoisotopic (exact) mass is 465 g/mol. The van der Waals surface area contributed by atoms with Crippen LogP contribution in [0.3, 0.4) is 0 Å². The summed E-state index contributed by atoms with van der Waals surface area (Å²) in [5.74, 6) is 0.00441. The zero-order valence-electron chi connectivity index (χ0n) is 18.9. The molecule has 2 amide bonds. The maximum atomic E-state index is 12.9. The van der Waals surface area contributed by atoms with Crippen LogP contribution in [0.4, 0.5) is 10.5 Å². The first kappa shape index (κ1) is 23.7. The van der Waals surface area contributed by atoms with Gasteiger partial charge in [0.1, 0.15) is 11.9 Å². The van der Waals surface area contributed by atoms with Gasteiger partial charge < -0.3 is 26.3 Å². The molecule has 1 aromatic heterocycles. The molecule has 4 rings (SSSR count). The minimum atomic E-state index is -0.832. The molecular formula is C28H25N4O3-. The Hall–Kier alpha value is -4.49. The van der Waals surface area contributed by atoms with Gasteiger partial charge in [0, 0.05) is 23.6 Å². The van der Waals surface area contributed by atoms with Gasteiger partial charge in [-0.05, 0) is 47.4 Å². The maximum absolute atomic E-state index is 12.9. The molecule has 0 saturated carbocycles. The lowest BCUT2D eigenvalue weighted by molar-refractivity contribution is 0.220. The largest absolute Gasteiger partial charge is 0.807 e. The second kappa shape index (κ2) is 11.1. The van der Waals surface area contributed by atoms with Crippen molar-refractivity contribution in [3.63, 3.8) is 0 Å². The van der Waals surface area contributed by atoms with Gasteiger partial charge >= 0.3 is 6.03 Å². The quantitative estimate of drug-likeness (QED) is 0.268. The fourth-order valence-electron chi connectivity index (χ4n) is 3.81. The van der Waals surface area contributed by atoms with E-state index in [2.05, 4.69) is 15.6 Å². The molecule has 7 heteroatoms. The number of urea groups is 1. The van der Waals surface area contributed by atoms with Crippen LogP contribution in [-0.4, -0.2) is 26.9 Å². The van der Waals surface area contributed by atoms with Gasteiger partial charge in [0.15, 0.2) is 0 Å². The second-order valence-corrected chi connectivity index (χ2v) is 8.04. The molecule has 0 fully saturated rings. The number of aliphatic hydroxyl groups is 1. The van der Waals surface area contributed by atoms with E-state index in [0.29, 0.717) is 22.4 Å². The highest BCUT2D eigenvalue weighted by molar-refractivity contribution is 6.03. The third-order valence-electron chi connectivity index (χ3n) is 5.59. The van der Waals surface area contributed by atoms with E-state index < -0.39 is 18.2 Å². The zero-order chi connectivity index (χ0) is 24.6. The number of nitrogens with zero attached hydrogens (tertiary/aromatic N) is 2. The standard InChI is InChI=1S/C28H25N4O3/c29-24(21-11-7-15-30-18-21)17-25(23-13-4-5-14-26(23)33)32-28(35)31-22-12-6-10-20(16-22)27(34)19-8-2-1-3-9-19/h1-16,18,25,27,33-34H,17H2,(H2,31,32,35)/q-1. The van der Waals surface area contributed by atoms with E-state index in [0.717, 1.165) is 5.56 Å². The first-order valence-electron chi connectivity index (χ1n) is 11.1. The van der Waals surface area contributed by atoms with E-state index in [-0.39, 0.29) is 17.9 Å². The third kappa shape index (κ3) is 6.10. The lowest BCUT2D eigenvalue weighted by Gasteiger charge is -2.24. The molecule has 4 aromatic rings. The van der Waals surface area contributed by atoms with Crippen molar-refractivity contribution < 1.29 is 15.0 Å². The van der Waals surface area contributed by atoms with Crippen molar-refractivity contribution in [2.45, 2.75) is 18.6 Å². The summed E-state index contributed by atoms with van der Waals surface area (Å²) in [5.41, 5.74) is 2.89. The van der Waals surface area contributed by atoms with Crippen LogP contribution in [0.25, 0.3) is 5.41 Å². The molecule has 2 atom stereocenters. The molecule has 0 aliphatic carbocycles. The van der Waals surface area contributed by atoms with Crippen LogP contribution in [0.5, 0.6) is 5.75 Å². The number of aromatic hydroxyl groups is 1. The molecule has 176 valence electrons. The Morgan fingerprint density at radius 3 is 2.40 bits per heavy atom. The van der Waals surface area contributed by atoms with E-state index in [9.17, 15) is 20.4 Å². The minimum Gasteiger partial charge on any atom is -0.807 e. The maximum Gasteiger partial charge on any atom is 0.319 e. The van der Waals surface area contributed by atoms with Crippen LogP contribution in [0.15, 0.2) is 103 Å². The van der Waals surface area contributed by atoms with Crippen molar-refractivity contribution in [3.8, 4) is 5.75 Å². The highest BCUT2D eigenvalue weighted by atomic mass is 16.3. The van der Waals surface area contributed by atoms with E-state index >= 15 is 0 Å². The molecule has 4 N–H and O–H groups in total. The van der Waals surface area contributed by atoms with Crippen molar-refractivity contribution in [1.82, 2.24) is 10.3 Å². The minimum absolute atomic E-state index is 0.00441. The van der Waals surface area contributed by atoms with Crippen LogP contribution in [0.2, 0.25) is 0 Å². The molecule has 0 bridgehead atoms. The lowest BCUT2D eigenvalue weighted by atomic mass is 9.97. The van der Waals surface area contributed by atoms with Gasteiger partial charge in [0.2, 0.25) is 0 Å². The topological polar surface area (TPSA) is 117 Å². The van der Waals surface area contributed by atoms with E-state index in [1.807, 2.05) is 30.3 Å². The molecule has 7 nitrogen and oxygen atoms in total. The number of anilines is 1. The van der Waals surface area contributed by atoms with Crippen LogP contribution in [0, 0.1) is 0 Å². The number of carbonyl (C=O) groups is 1. The van der Waals surface area contributed by atoms with Gasteiger partial charge in [0.05, 0.1) is 6.04 Å². The molecule has 0 spiro atoms. The zero-order valence-corrected chi connectivity index (χ0v) is 18.9.